The molecule has 0 N–H and O–H groups in total. The first-order valence-electron chi connectivity index (χ1n) is 6.97. The van der Waals surface area contributed by atoms with Gasteiger partial charge < -0.3 is 4.74 Å². The molecule has 1 aromatic carbocycles. The van der Waals surface area contributed by atoms with E-state index in [1.807, 2.05) is 23.0 Å². The van der Waals surface area contributed by atoms with Crippen LogP contribution >= 0.6 is 46.3 Å². The average molecular weight is 507 g/mol. The van der Waals surface area contributed by atoms with Gasteiger partial charge in [0.2, 0.25) is 0 Å². The first kappa shape index (κ1) is 17.2. The lowest BCUT2D eigenvalue weighted by Crippen LogP contribution is -1.99. The number of pyridine rings is 1. The molecule has 0 atom stereocenters. The second kappa shape index (κ2) is 7.50. The third-order valence-corrected chi connectivity index (χ3v) is 5.60. The maximum absolute atomic E-state index is 13.7. The summed E-state index contributed by atoms with van der Waals surface area (Å²) in [5, 5.41) is 0.976. The lowest BCUT2D eigenvalue weighted by molar-refractivity contribution is 0.131. The van der Waals surface area contributed by atoms with Gasteiger partial charge in [-0.15, -0.1) is 0 Å². The van der Waals surface area contributed by atoms with Gasteiger partial charge in [-0.2, -0.15) is 0 Å². The van der Waals surface area contributed by atoms with Crippen molar-refractivity contribution in [3.05, 3.63) is 52.5 Å². The van der Waals surface area contributed by atoms with Crippen LogP contribution < -0.4 is 0 Å². The minimum absolute atomic E-state index is 0.254. The monoisotopic (exact) mass is 506 g/mol. The highest BCUT2D eigenvalue weighted by Crippen LogP contribution is 2.39. The van der Waals surface area contributed by atoms with Crippen molar-refractivity contribution < 1.29 is 9.13 Å². The summed E-state index contributed by atoms with van der Waals surface area (Å²) in [6.07, 6.45) is 1.77. The molecule has 0 radical (unpaired) electrons. The van der Waals surface area contributed by atoms with Crippen LogP contribution in [0.5, 0.6) is 0 Å². The molecule has 3 rings (SSSR count). The van der Waals surface area contributed by atoms with E-state index in [-0.39, 0.29) is 5.82 Å². The van der Waals surface area contributed by atoms with E-state index in [4.69, 9.17) is 4.74 Å². The van der Waals surface area contributed by atoms with Crippen LogP contribution in [-0.2, 0) is 11.3 Å². The predicted molar refractivity (Wildman–Crippen MR) is 105 cm³/mol. The highest BCUT2D eigenvalue weighted by atomic mass is 127. The summed E-state index contributed by atoms with van der Waals surface area (Å²) in [5.74, 6) is -0.254. The fourth-order valence-corrected chi connectivity index (χ4v) is 4.57. The molecule has 0 fully saturated rings. The van der Waals surface area contributed by atoms with Crippen molar-refractivity contribution in [1.82, 2.24) is 8.96 Å². The van der Waals surface area contributed by atoms with E-state index in [1.165, 1.54) is 15.2 Å². The zero-order valence-corrected chi connectivity index (χ0v) is 16.8. The van der Waals surface area contributed by atoms with Crippen LogP contribution in [0.2, 0.25) is 0 Å². The summed E-state index contributed by atoms with van der Waals surface area (Å²) >= 11 is 5.70. The fraction of sp³-hybridized carbons (Fsp3) is 0.188. The second-order valence-corrected chi connectivity index (χ2v) is 7.46. The number of benzene rings is 1. The van der Waals surface area contributed by atoms with Crippen molar-refractivity contribution in [3.8, 4) is 11.1 Å². The quantitative estimate of drug-likeness (QED) is 0.398. The molecule has 2 aromatic heterocycles. The Bertz CT molecular complexity index is 855. The van der Waals surface area contributed by atoms with Gasteiger partial charge in [0.1, 0.15) is 5.82 Å². The molecule has 0 aliphatic carbocycles. The molecule has 0 amide bonds. The lowest BCUT2D eigenvalue weighted by Gasteiger charge is -2.08. The first-order valence-corrected chi connectivity index (χ1v) is 11.1. The van der Waals surface area contributed by atoms with Crippen molar-refractivity contribution in [2.24, 2.45) is 0 Å². The Kier molecular flexibility index (Phi) is 5.61. The average Bonchev–Trinajstić information content (AvgIpc) is 2.85. The van der Waals surface area contributed by atoms with Crippen LogP contribution in [-0.4, -0.2) is 15.6 Å². The summed E-state index contributed by atoms with van der Waals surface area (Å²) in [6.45, 7) is 3.03. The Morgan fingerprint density at radius 2 is 2.22 bits per heavy atom. The molecule has 120 valence electrons. The standard InChI is InChI=1S/C16H13BrFIN2OS/c1-2-22-9-14-15(10-4-3-5-12(18)6-10)13-7-11(17)8-20-16(13)21(14)23-19/h3-8H,2,9H2,1H3. The largest absolute Gasteiger partial charge is 0.375 e. The van der Waals surface area contributed by atoms with E-state index in [1.54, 1.807) is 18.3 Å². The maximum Gasteiger partial charge on any atom is 0.151 e. The van der Waals surface area contributed by atoms with Crippen molar-refractivity contribution in [2.75, 3.05) is 6.61 Å². The summed E-state index contributed by atoms with van der Waals surface area (Å²) in [6, 6.07) is 8.65. The lowest BCUT2D eigenvalue weighted by atomic mass is 10.0. The SMILES string of the molecule is CCOCc1c(-c2cccc(F)c2)c2cc(Br)cnc2n1SI. The molecule has 7 heteroatoms. The molecule has 23 heavy (non-hydrogen) atoms. The topological polar surface area (TPSA) is 27.1 Å². The normalized spacial score (nSPS) is 11.3. The number of hydrogen-bond acceptors (Lipinski definition) is 3. The number of ether oxygens (including phenoxy) is 1. The first-order chi connectivity index (χ1) is 11.2. The van der Waals surface area contributed by atoms with Gasteiger partial charge in [-0.1, -0.05) is 12.1 Å². The molecule has 2 heterocycles. The smallest absolute Gasteiger partial charge is 0.151 e. The van der Waals surface area contributed by atoms with Crippen LogP contribution in [0, 0.1) is 5.82 Å². The second-order valence-electron chi connectivity index (χ2n) is 4.86. The third kappa shape index (κ3) is 3.42. The van der Waals surface area contributed by atoms with Crippen LogP contribution in [0.25, 0.3) is 22.2 Å². The number of rotatable bonds is 5. The minimum Gasteiger partial charge on any atom is -0.375 e. The molecule has 0 spiro atoms. The Hall–Kier alpha value is -0.640. The van der Waals surface area contributed by atoms with Gasteiger partial charge in [0, 0.05) is 58.6 Å². The number of fused-ring (bicyclic) bond motifs is 1. The maximum atomic E-state index is 13.7. The Morgan fingerprint density at radius 1 is 1.39 bits per heavy atom. The van der Waals surface area contributed by atoms with Crippen molar-refractivity contribution in [1.29, 1.82) is 0 Å². The summed E-state index contributed by atoms with van der Waals surface area (Å²) < 4.78 is 22.3. The van der Waals surface area contributed by atoms with Gasteiger partial charge in [-0.25, -0.2) is 9.37 Å². The van der Waals surface area contributed by atoms with Crippen molar-refractivity contribution in [3.63, 3.8) is 0 Å². The van der Waals surface area contributed by atoms with E-state index in [0.29, 0.717) is 13.2 Å². The Labute approximate surface area is 158 Å². The van der Waals surface area contributed by atoms with Gasteiger partial charge in [-0.3, -0.25) is 3.97 Å². The Morgan fingerprint density at radius 3 is 2.91 bits per heavy atom. The van der Waals surface area contributed by atoms with Crippen molar-refractivity contribution in [2.45, 2.75) is 13.5 Å². The number of aromatic nitrogens is 2. The summed E-state index contributed by atoms with van der Waals surface area (Å²) in [5.41, 5.74) is 3.62. The molecule has 0 bridgehead atoms. The number of nitrogens with zero attached hydrogens (tertiary/aromatic N) is 2. The molecular formula is C16H13BrFIN2OS. The number of hydrogen-bond donors (Lipinski definition) is 0. The molecule has 3 nitrogen and oxygen atoms in total. The highest BCUT2D eigenvalue weighted by Gasteiger charge is 2.20. The van der Waals surface area contributed by atoms with Gasteiger partial charge in [0.05, 0.1) is 12.3 Å². The van der Waals surface area contributed by atoms with Gasteiger partial charge in [0.25, 0.3) is 0 Å². The van der Waals surface area contributed by atoms with Gasteiger partial charge in [-0.05, 0) is 46.6 Å². The summed E-state index contributed by atoms with van der Waals surface area (Å²) in [4.78, 5) is 4.53. The molecular weight excluding hydrogens is 494 g/mol. The number of halogens is 3. The fourth-order valence-electron chi connectivity index (χ4n) is 2.53. The predicted octanol–water partition coefficient (Wildman–Crippen LogP) is 5.99. The minimum atomic E-state index is -0.254. The van der Waals surface area contributed by atoms with Gasteiger partial charge >= 0.3 is 0 Å². The Balaban J connectivity index is 2.33. The molecule has 0 unspecified atom stereocenters. The molecule has 0 aliphatic heterocycles. The van der Waals surface area contributed by atoms with Crippen LogP contribution in [0.1, 0.15) is 12.6 Å². The molecule has 3 aromatic rings. The zero-order chi connectivity index (χ0) is 16.4. The van der Waals surface area contributed by atoms with E-state index in [2.05, 4.69) is 42.1 Å². The van der Waals surface area contributed by atoms with Crippen LogP contribution in [0.4, 0.5) is 4.39 Å². The van der Waals surface area contributed by atoms with Crippen LogP contribution in [0.15, 0.2) is 41.0 Å². The van der Waals surface area contributed by atoms with E-state index >= 15 is 0 Å². The summed E-state index contributed by atoms with van der Waals surface area (Å²) in [7, 11) is 1.54. The van der Waals surface area contributed by atoms with E-state index < -0.39 is 0 Å². The van der Waals surface area contributed by atoms with Gasteiger partial charge in [0.15, 0.2) is 5.65 Å². The molecule has 0 aliphatic rings. The highest BCUT2D eigenvalue weighted by molar-refractivity contribution is 14.2. The molecule has 0 saturated carbocycles. The van der Waals surface area contributed by atoms with E-state index in [0.717, 1.165) is 32.3 Å². The zero-order valence-electron chi connectivity index (χ0n) is 12.2. The molecule has 0 saturated heterocycles. The van der Waals surface area contributed by atoms with E-state index in [9.17, 15) is 4.39 Å². The van der Waals surface area contributed by atoms with Crippen molar-refractivity contribution >= 4 is 57.3 Å². The third-order valence-electron chi connectivity index (χ3n) is 3.45. The van der Waals surface area contributed by atoms with Crippen LogP contribution in [0.3, 0.4) is 0 Å².